The second-order valence-electron chi connectivity index (χ2n) is 10.9. The maximum atomic E-state index is 12.3. The van der Waals surface area contributed by atoms with Crippen LogP contribution in [0.5, 0.6) is 0 Å². The highest BCUT2D eigenvalue weighted by molar-refractivity contribution is 5.54. The Labute approximate surface area is 159 Å². The normalized spacial score (nSPS) is 71.6. The molecule has 6 aliphatic rings. The van der Waals surface area contributed by atoms with E-state index in [1.807, 2.05) is 0 Å². The number of rotatable bonds is 1. The average Bonchev–Trinajstić information content (AvgIpc) is 2.82. The summed E-state index contributed by atoms with van der Waals surface area (Å²) in [6.07, 6.45) is -0.869. The Hall–Kier alpha value is -0.280. The molecule has 7 heteroatoms. The molecular formula is C20H32O7. The Morgan fingerprint density at radius 2 is 1.56 bits per heavy atom. The van der Waals surface area contributed by atoms with E-state index in [1.54, 1.807) is 27.7 Å². The molecule has 154 valence electrons. The molecule has 4 aliphatic carbocycles. The fourth-order valence-electron chi connectivity index (χ4n) is 8.64. The van der Waals surface area contributed by atoms with Crippen molar-refractivity contribution >= 4 is 0 Å². The summed E-state index contributed by atoms with van der Waals surface area (Å²) in [5, 5.41) is 70.9. The molecule has 1 spiro atoms. The molecule has 0 unspecified atom stereocenters. The third-order valence-electron chi connectivity index (χ3n) is 10.3. The standard InChI is InChI=1S/C20H32O7/c1-10(2)15(22)9-17(24)13(4)8-18(25)14(15,5)20(17,26)19(27-18)12(21)11(3)6-7-16(13,19)23/h10-12,21-26H,6-9H2,1-5H3/t11-,12+,13-,14-,15-,16-,17+,18-,19+,20+/m0/s1. The zero-order chi connectivity index (χ0) is 20.3. The van der Waals surface area contributed by atoms with Gasteiger partial charge in [0, 0.05) is 18.3 Å². The molecule has 7 nitrogen and oxygen atoms in total. The van der Waals surface area contributed by atoms with Gasteiger partial charge in [0.1, 0.15) is 16.8 Å². The second-order valence-corrected chi connectivity index (χ2v) is 10.9. The highest BCUT2D eigenvalue weighted by Gasteiger charge is 3.07. The van der Waals surface area contributed by atoms with Gasteiger partial charge in [0.2, 0.25) is 0 Å². The summed E-state index contributed by atoms with van der Waals surface area (Å²) in [7, 11) is 0. The van der Waals surface area contributed by atoms with Gasteiger partial charge in [0.05, 0.1) is 17.1 Å². The lowest BCUT2D eigenvalue weighted by atomic mass is 9.52. The van der Waals surface area contributed by atoms with Crippen molar-refractivity contribution in [2.45, 2.75) is 100 Å². The first-order chi connectivity index (χ1) is 12.1. The number of ether oxygens (including phenoxy) is 1. The van der Waals surface area contributed by atoms with Gasteiger partial charge in [-0.05, 0) is 31.6 Å². The highest BCUT2D eigenvalue weighted by atomic mass is 16.7. The lowest BCUT2D eigenvalue weighted by Crippen LogP contribution is -2.75. The van der Waals surface area contributed by atoms with E-state index in [0.717, 1.165) is 0 Å². The Kier molecular flexibility index (Phi) is 2.86. The van der Waals surface area contributed by atoms with Crippen LogP contribution in [0.15, 0.2) is 0 Å². The first kappa shape index (κ1) is 18.7. The molecule has 6 rings (SSSR count). The molecule has 0 amide bonds. The number of hydrogen-bond donors (Lipinski definition) is 6. The molecule has 2 aliphatic heterocycles. The maximum absolute atomic E-state index is 12.3. The van der Waals surface area contributed by atoms with E-state index in [0.29, 0.717) is 6.42 Å². The zero-order valence-corrected chi connectivity index (χ0v) is 16.7. The summed E-state index contributed by atoms with van der Waals surface area (Å²) < 4.78 is 6.12. The molecule has 27 heavy (non-hydrogen) atoms. The van der Waals surface area contributed by atoms with E-state index in [4.69, 9.17) is 4.74 Å². The van der Waals surface area contributed by atoms with Crippen molar-refractivity contribution in [3.63, 3.8) is 0 Å². The predicted molar refractivity (Wildman–Crippen MR) is 93.3 cm³/mol. The molecule has 6 N–H and O–H groups in total. The average molecular weight is 384 g/mol. The molecule has 2 saturated heterocycles. The van der Waals surface area contributed by atoms with Crippen LogP contribution in [0.3, 0.4) is 0 Å². The lowest BCUT2D eigenvalue weighted by Gasteiger charge is -2.60. The molecule has 6 bridgehead atoms. The van der Waals surface area contributed by atoms with Gasteiger partial charge in [-0.3, -0.25) is 0 Å². The van der Waals surface area contributed by atoms with Crippen molar-refractivity contribution in [2.75, 3.05) is 0 Å². The SMILES string of the molecule is CC(C)[C@@]1(O)C[C@@]2(O)[C@@]3(C)C[C@]4(O)O[C@@]5([C@H](O)[C@@H](C)CC[C@]35O)[C@@]2(O)[C@]41C. The summed E-state index contributed by atoms with van der Waals surface area (Å²) in [4.78, 5) is 0. The molecule has 6 fully saturated rings. The molecule has 0 aromatic heterocycles. The van der Waals surface area contributed by atoms with Crippen LogP contribution in [-0.4, -0.2) is 70.5 Å². The van der Waals surface area contributed by atoms with Gasteiger partial charge >= 0.3 is 0 Å². The Morgan fingerprint density at radius 1 is 0.963 bits per heavy atom. The summed E-state index contributed by atoms with van der Waals surface area (Å²) >= 11 is 0. The van der Waals surface area contributed by atoms with E-state index < -0.39 is 56.6 Å². The second kappa shape index (κ2) is 4.13. The minimum atomic E-state index is -2.21. The van der Waals surface area contributed by atoms with E-state index >= 15 is 0 Å². The fourth-order valence-corrected chi connectivity index (χ4v) is 8.64. The summed E-state index contributed by atoms with van der Waals surface area (Å²) in [5.74, 6) is -2.69. The van der Waals surface area contributed by atoms with Crippen LogP contribution < -0.4 is 0 Å². The summed E-state index contributed by atoms with van der Waals surface area (Å²) in [6.45, 7) is 8.55. The monoisotopic (exact) mass is 384 g/mol. The van der Waals surface area contributed by atoms with Gasteiger partial charge in [0.25, 0.3) is 0 Å². The van der Waals surface area contributed by atoms with Crippen molar-refractivity contribution in [3.05, 3.63) is 0 Å². The first-order valence-electron chi connectivity index (χ1n) is 10.1. The van der Waals surface area contributed by atoms with Crippen LogP contribution in [0.4, 0.5) is 0 Å². The number of aliphatic hydroxyl groups is 6. The Morgan fingerprint density at radius 3 is 2.11 bits per heavy atom. The Bertz CT molecular complexity index is 759. The predicted octanol–water partition coefficient (Wildman–Crippen LogP) is -0.351. The summed E-state index contributed by atoms with van der Waals surface area (Å²) in [6, 6.07) is 0. The highest BCUT2D eigenvalue weighted by Crippen LogP contribution is 2.90. The molecule has 0 radical (unpaired) electrons. The minimum absolute atomic E-state index is 0.121. The van der Waals surface area contributed by atoms with Crippen LogP contribution >= 0.6 is 0 Å². The topological polar surface area (TPSA) is 131 Å². The van der Waals surface area contributed by atoms with Gasteiger partial charge in [-0.25, -0.2) is 0 Å². The summed E-state index contributed by atoms with van der Waals surface area (Å²) in [5.41, 5.74) is -12.5. The minimum Gasteiger partial charge on any atom is -0.390 e. The van der Waals surface area contributed by atoms with Gasteiger partial charge in [-0.15, -0.1) is 0 Å². The van der Waals surface area contributed by atoms with Crippen LogP contribution in [0.1, 0.15) is 60.3 Å². The lowest BCUT2D eigenvalue weighted by molar-refractivity contribution is -0.390. The van der Waals surface area contributed by atoms with E-state index in [-0.39, 0.29) is 25.2 Å². The first-order valence-corrected chi connectivity index (χ1v) is 10.1. The van der Waals surface area contributed by atoms with E-state index in [1.165, 1.54) is 6.92 Å². The van der Waals surface area contributed by atoms with Crippen LogP contribution in [0, 0.1) is 22.7 Å². The van der Waals surface area contributed by atoms with Crippen molar-refractivity contribution in [3.8, 4) is 0 Å². The molecule has 0 aromatic rings. The third kappa shape index (κ3) is 1.16. The number of aliphatic hydroxyl groups excluding tert-OH is 1. The van der Waals surface area contributed by atoms with Gasteiger partial charge < -0.3 is 35.4 Å². The molecule has 4 saturated carbocycles. The Balaban J connectivity index is 1.94. The smallest absolute Gasteiger partial charge is 0.178 e. The van der Waals surface area contributed by atoms with Crippen LogP contribution in [0.2, 0.25) is 0 Å². The third-order valence-corrected chi connectivity index (χ3v) is 10.3. The number of hydrogen-bond acceptors (Lipinski definition) is 7. The molecule has 10 atom stereocenters. The van der Waals surface area contributed by atoms with Crippen LogP contribution in [0.25, 0.3) is 0 Å². The van der Waals surface area contributed by atoms with Crippen molar-refractivity contribution in [2.24, 2.45) is 22.7 Å². The van der Waals surface area contributed by atoms with Crippen molar-refractivity contribution in [1.29, 1.82) is 0 Å². The fraction of sp³-hybridized carbons (Fsp3) is 1.00. The van der Waals surface area contributed by atoms with Crippen molar-refractivity contribution in [1.82, 2.24) is 0 Å². The molecule has 0 aromatic carbocycles. The van der Waals surface area contributed by atoms with Gasteiger partial charge in [0.15, 0.2) is 11.4 Å². The largest absolute Gasteiger partial charge is 0.390 e. The van der Waals surface area contributed by atoms with E-state index in [9.17, 15) is 30.6 Å². The van der Waals surface area contributed by atoms with Gasteiger partial charge in [-0.1, -0.05) is 27.7 Å². The van der Waals surface area contributed by atoms with Crippen molar-refractivity contribution < 1.29 is 35.4 Å². The van der Waals surface area contributed by atoms with Crippen LogP contribution in [-0.2, 0) is 4.74 Å². The maximum Gasteiger partial charge on any atom is 0.178 e. The molecule has 2 heterocycles. The van der Waals surface area contributed by atoms with E-state index in [2.05, 4.69) is 0 Å². The molecular weight excluding hydrogens is 352 g/mol. The quantitative estimate of drug-likeness (QED) is 0.364. The van der Waals surface area contributed by atoms with Gasteiger partial charge in [-0.2, -0.15) is 0 Å². The zero-order valence-electron chi connectivity index (χ0n) is 16.7.